The molecule has 6 N–H and O–H groups in total. The van der Waals surface area contributed by atoms with Crippen molar-refractivity contribution in [3.05, 3.63) is 228 Å². The van der Waals surface area contributed by atoms with E-state index in [1.807, 2.05) is 0 Å². The summed E-state index contributed by atoms with van der Waals surface area (Å²) in [5.74, 6) is -25.8. The molecular weight excluding hydrogens is 1400 g/mol. The van der Waals surface area contributed by atoms with Crippen LogP contribution in [0.1, 0.15) is 122 Å². The van der Waals surface area contributed by atoms with Crippen LogP contribution in [0.5, 0.6) is 0 Å². The van der Waals surface area contributed by atoms with Crippen molar-refractivity contribution in [3.63, 3.8) is 0 Å². The number of hydrogen-bond donors (Lipinski definition) is 6. The lowest BCUT2D eigenvalue weighted by Crippen LogP contribution is -2.58. The predicted octanol–water partition coefficient (Wildman–Crippen LogP) is 13.6. The largest absolute Gasteiger partial charge is 0.353 e. The zero-order valence-electron chi connectivity index (χ0n) is 56.7. The van der Waals surface area contributed by atoms with Crippen LogP contribution < -0.4 is 31.9 Å². The van der Waals surface area contributed by atoms with E-state index in [2.05, 4.69) is 43.5 Å². The Labute approximate surface area is 592 Å². The smallest absolute Gasteiger partial charge is 0.352 e. The van der Waals surface area contributed by atoms with Crippen LogP contribution in [-0.4, -0.2) is 106 Å². The third kappa shape index (κ3) is 17.6. The van der Waals surface area contributed by atoms with Crippen molar-refractivity contribution < 1.29 is 91.0 Å². The zero-order chi connectivity index (χ0) is 76.2. The Morgan fingerprint density at radius 1 is 0.538 bits per heavy atom. The normalized spacial score (nSPS) is 15.5. The molecule has 4 aliphatic rings. The van der Waals surface area contributed by atoms with Crippen LogP contribution in [-0.2, 0) is 54.7 Å². The highest BCUT2D eigenvalue weighted by atomic mass is 32.1. The summed E-state index contributed by atoms with van der Waals surface area (Å²) in [6.45, 7) is 14.4. The van der Waals surface area contributed by atoms with Crippen molar-refractivity contribution >= 4 is 80.8 Å². The lowest BCUT2D eigenvalue weighted by Gasteiger charge is -2.45. The first-order valence-corrected chi connectivity index (χ1v) is 32.9. The fourth-order valence-electron chi connectivity index (χ4n) is 11.8. The van der Waals surface area contributed by atoms with Crippen molar-refractivity contribution in [2.24, 2.45) is 5.41 Å². The first kappa shape index (κ1) is 77.3. The number of anilines is 4. The number of benzene rings is 6. The molecule has 8 amide bonds. The van der Waals surface area contributed by atoms with E-state index in [9.17, 15) is 64.7 Å². The number of amides is 8. The number of piperidine rings is 1. The van der Waals surface area contributed by atoms with E-state index in [0.29, 0.717) is 69.1 Å². The number of aromatic nitrogens is 1. The quantitative estimate of drug-likeness (QED) is 0.0532. The summed E-state index contributed by atoms with van der Waals surface area (Å²) >= 11 is 1.23. The van der Waals surface area contributed by atoms with Gasteiger partial charge in [-0.3, -0.25) is 38.4 Å². The molecule has 1 unspecified atom stereocenters. The van der Waals surface area contributed by atoms with Gasteiger partial charge < -0.3 is 46.6 Å². The van der Waals surface area contributed by atoms with Crippen molar-refractivity contribution in [1.82, 2.24) is 30.3 Å². The third-order valence-corrected chi connectivity index (χ3v) is 18.4. The Bertz CT molecular complexity index is 4660. The summed E-state index contributed by atoms with van der Waals surface area (Å²) in [5, 5.41) is 16.3. The zero-order valence-corrected chi connectivity index (χ0v) is 57.6. The molecule has 11 rings (SSSR count). The van der Waals surface area contributed by atoms with Crippen molar-refractivity contribution in [3.8, 4) is 0 Å². The van der Waals surface area contributed by atoms with Crippen LogP contribution in [0.2, 0.25) is 0 Å². The number of carbonyl (C=O) groups is 8. The van der Waals surface area contributed by atoms with Crippen LogP contribution in [0.25, 0.3) is 0 Å². The summed E-state index contributed by atoms with van der Waals surface area (Å²) in [6.07, 6.45) is 0.770. The molecule has 0 saturated carbocycles. The molecule has 1 atom stereocenters. The second kappa shape index (κ2) is 31.0. The van der Waals surface area contributed by atoms with E-state index in [1.54, 1.807) is 20.8 Å². The third-order valence-electron chi connectivity index (χ3n) is 17.4. The van der Waals surface area contributed by atoms with Gasteiger partial charge in [0.1, 0.15) is 34.9 Å². The molecular formula is C73H68F12N10O8S. The molecule has 0 bridgehead atoms. The molecule has 4 aliphatic heterocycles. The number of rotatable bonds is 15. The SMILES string of the molecule is C=C(C)Nc1nc2c(s1)CN(C(=O)C(F)(F)c1cc(C(=O)Nc3ccc(F)c(C)c3)ccc1F)CC2.CC(=O)NC1CCN(C(=O)C(F)(F)c2cc(C(=O)Nc3ccc(F)c(C)c3)ccc2F)CC1(C)C.Cc1cc(NC(=O)c2ccc(F)c(C(F)(F)C(=O)N3CCC4=C(CC(=O)N4)C3)c2)ccc1F. The Kier molecular flexibility index (Phi) is 23.0. The number of thiazole rings is 1. The summed E-state index contributed by atoms with van der Waals surface area (Å²) in [4.78, 5) is 107. The van der Waals surface area contributed by atoms with Gasteiger partial charge in [-0.2, -0.15) is 26.3 Å². The van der Waals surface area contributed by atoms with Gasteiger partial charge in [-0.15, -0.1) is 0 Å². The minimum atomic E-state index is -4.24. The maximum absolute atomic E-state index is 15.3. The monoisotopic (exact) mass is 1470 g/mol. The molecule has 7 aromatic rings. The molecule has 6 aromatic carbocycles. The van der Waals surface area contributed by atoms with E-state index in [0.717, 1.165) is 51.1 Å². The van der Waals surface area contributed by atoms with Crippen LogP contribution in [0, 0.1) is 61.1 Å². The summed E-state index contributed by atoms with van der Waals surface area (Å²) in [7, 11) is 0. The number of fused-ring (bicyclic) bond motifs is 1. The number of allylic oxidation sites excluding steroid dienone is 1. The van der Waals surface area contributed by atoms with Gasteiger partial charge in [-0.1, -0.05) is 31.8 Å². The van der Waals surface area contributed by atoms with Crippen molar-refractivity contribution in [2.75, 3.05) is 54.0 Å². The average molecular weight is 1470 g/mol. The van der Waals surface area contributed by atoms with Gasteiger partial charge in [0.2, 0.25) is 11.8 Å². The Balaban J connectivity index is 0.000000181. The fraction of sp³-hybridized carbons (Fsp3) is 0.301. The summed E-state index contributed by atoms with van der Waals surface area (Å²) in [5.41, 5.74) is -1.14. The van der Waals surface area contributed by atoms with Gasteiger partial charge >= 0.3 is 17.8 Å². The lowest BCUT2D eigenvalue weighted by molar-refractivity contribution is -0.163. The van der Waals surface area contributed by atoms with Crippen LogP contribution >= 0.6 is 11.3 Å². The first-order valence-electron chi connectivity index (χ1n) is 32.1. The number of likely N-dealkylation sites (tertiary alicyclic amines) is 1. The van der Waals surface area contributed by atoms with Gasteiger partial charge in [0.15, 0.2) is 5.13 Å². The maximum atomic E-state index is 15.3. The predicted molar refractivity (Wildman–Crippen MR) is 361 cm³/mol. The van der Waals surface area contributed by atoms with Gasteiger partial charge in [0.05, 0.1) is 35.3 Å². The van der Waals surface area contributed by atoms with Gasteiger partial charge in [0, 0.05) is 114 Å². The second-order valence-electron chi connectivity index (χ2n) is 25.9. The van der Waals surface area contributed by atoms with Crippen LogP contribution in [0.3, 0.4) is 0 Å². The average Bonchev–Trinajstić information content (AvgIpc) is 0.930. The lowest BCUT2D eigenvalue weighted by atomic mass is 9.78. The highest BCUT2D eigenvalue weighted by Crippen LogP contribution is 2.41. The molecule has 5 heterocycles. The molecule has 104 heavy (non-hydrogen) atoms. The van der Waals surface area contributed by atoms with Gasteiger partial charge in [0.25, 0.3) is 35.4 Å². The molecule has 0 aliphatic carbocycles. The number of halogens is 12. The van der Waals surface area contributed by atoms with E-state index in [-0.39, 0.29) is 133 Å². The topological polar surface area (TPSA) is 231 Å². The second-order valence-corrected chi connectivity index (χ2v) is 27.0. The Morgan fingerprint density at radius 3 is 1.33 bits per heavy atom. The molecule has 31 heteroatoms. The molecule has 548 valence electrons. The van der Waals surface area contributed by atoms with Crippen LogP contribution in [0.15, 0.2) is 133 Å². The Hall–Kier alpha value is -10.9. The highest BCUT2D eigenvalue weighted by molar-refractivity contribution is 7.15. The maximum Gasteiger partial charge on any atom is 0.352 e. The molecule has 1 fully saturated rings. The number of hydrogen-bond acceptors (Lipinski definition) is 11. The number of aryl methyl sites for hydroxylation is 3. The summed E-state index contributed by atoms with van der Waals surface area (Å²) in [6, 6.07) is 18.2. The van der Waals surface area contributed by atoms with E-state index < -0.39 is 110 Å². The number of nitrogens with one attached hydrogen (secondary N) is 6. The first-order chi connectivity index (χ1) is 48.7. The number of alkyl halides is 6. The molecule has 18 nitrogen and oxygen atoms in total. The van der Waals surface area contributed by atoms with E-state index >= 15 is 26.3 Å². The highest BCUT2D eigenvalue weighted by Gasteiger charge is 2.51. The molecule has 1 saturated heterocycles. The van der Waals surface area contributed by atoms with Gasteiger partial charge in [-0.25, -0.2) is 31.3 Å². The summed E-state index contributed by atoms with van der Waals surface area (Å²) < 4.78 is 175. The molecule has 1 aromatic heterocycles. The van der Waals surface area contributed by atoms with Crippen LogP contribution in [0.4, 0.5) is 74.9 Å². The standard InChI is InChI=1S/C25H22F4N4O2S.C25H27F4N3O3.C23H19F4N3O3/c1-13(2)30-24-32-20-8-9-33(12-21(20)36-24)23(35)25(28,29)17-11-15(4-6-19(17)27)22(34)31-16-5-7-18(26)14(3)10-16;1-14-11-17(6-8-19(14)26)31-22(34)16-5-7-20(27)18(12-16)25(28,29)23(35)32-10-9-21(30-15(2)33)24(3,4)13-32;1-12-8-15(3-5-17(12)24)28-21(32)13-2-4-18(25)16(9-13)23(26,27)22(33)30-7-6-19-14(11-30)10-20(31)29-19/h4-7,10-11H,1,8-9,12H2,2-3H3,(H,30,32)(H,31,34);5-8,11-12,21H,9-10,13H2,1-4H3,(H,30,33)(H,31,34);2-5,8-9H,6-7,10-11H2,1H3,(H,28,32)(H,29,31). The fourth-order valence-corrected chi connectivity index (χ4v) is 12.9. The number of nitrogens with zero attached hydrogens (tertiary/aromatic N) is 4. The van der Waals surface area contributed by atoms with Gasteiger partial charge in [-0.05, 0) is 166 Å². The number of carbonyl (C=O) groups excluding carboxylic acids is 8. The Morgan fingerprint density at radius 2 is 0.933 bits per heavy atom. The molecule has 0 radical (unpaired) electrons. The van der Waals surface area contributed by atoms with E-state index in [4.69, 9.17) is 0 Å². The minimum absolute atomic E-state index is 0.0105. The van der Waals surface area contributed by atoms with Crippen molar-refractivity contribution in [2.45, 2.75) is 105 Å². The van der Waals surface area contributed by atoms with Crippen molar-refractivity contribution in [1.29, 1.82) is 0 Å². The molecule has 0 spiro atoms. The van der Waals surface area contributed by atoms with E-state index in [1.165, 1.54) is 75.4 Å². The minimum Gasteiger partial charge on any atom is -0.353 e.